The Morgan fingerprint density at radius 3 is 2.81 bits per heavy atom. The first-order chi connectivity index (χ1) is 10.2. The molecule has 0 spiro atoms. The molecule has 0 saturated carbocycles. The number of aromatic nitrogens is 1. The molecular formula is C16H16N2O2S. The molecule has 108 valence electrons. The first kappa shape index (κ1) is 13.9. The van der Waals surface area contributed by atoms with E-state index in [0.717, 1.165) is 5.56 Å². The third kappa shape index (κ3) is 2.74. The fourth-order valence-corrected chi connectivity index (χ4v) is 3.37. The first-order valence-electron chi connectivity index (χ1n) is 6.95. The van der Waals surface area contributed by atoms with Crippen molar-refractivity contribution in [1.29, 1.82) is 0 Å². The molecule has 3 rings (SSSR count). The number of benzene rings is 1. The molecule has 1 aromatic heterocycles. The zero-order valence-corrected chi connectivity index (χ0v) is 12.5. The number of amides is 1. The molecule has 1 aliphatic heterocycles. The molecule has 1 fully saturated rings. The Kier molecular flexibility index (Phi) is 3.84. The van der Waals surface area contributed by atoms with Crippen LogP contribution < -0.4 is 0 Å². The van der Waals surface area contributed by atoms with E-state index in [1.807, 2.05) is 37.3 Å². The van der Waals surface area contributed by atoms with Gasteiger partial charge in [-0.3, -0.25) is 9.59 Å². The zero-order chi connectivity index (χ0) is 14.8. The van der Waals surface area contributed by atoms with E-state index in [1.165, 1.54) is 11.3 Å². The smallest absolute Gasteiger partial charge is 0.223 e. The Morgan fingerprint density at radius 2 is 2.14 bits per heavy atom. The molecule has 1 saturated heterocycles. The van der Waals surface area contributed by atoms with Crippen molar-refractivity contribution in [2.45, 2.75) is 19.4 Å². The van der Waals surface area contributed by atoms with Crippen LogP contribution in [-0.2, 0) is 4.79 Å². The molecule has 0 radical (unpaired) electrons. The Bertz CT molecular complexity index is 640. The minimum Gasteiger partial charge on any atom is -0.335 e. The van der Waals surface area contributed by atoms with Gasteiger partial charge in [-0.05, 0) is 12.5 Å². The summed E-state index contributed by atoms with van der Waals surface area (Å²) >= 11 is 1.33. The fourth-order valence-electron chi connectivity index (χ4n) is 2.71. The molecule has 21 heavy (non-hydrogen) atoms. The van der Waals surface area contributed by atoms with Gasteiger partial charge in [0.05, 0.1) is 12.0 Å². The SMILES string of the molecule is C[C@H](c1ccccc1)N1CC(C(=O)c2nccs2)CC1=O. The van der Waals surface area contributed by atoms with E-state index in [-0.39, 0.29) is 30.1 Å². The summed E-state index contributed by atoms with van der Waals surface area (Å²) in [5, 5.41) is 2.29. The average Bonchev–Trinajstić information content (AvgIpc) is 3.16. The van der Waals surface area contributed by atoms with Gasteiger partial charge in [-0.25, -0.2) is 4.98 Å². The molecule has 2 atom stereocenters. The van der Waals surface area contributed by atoms with Crippen LogP contribution in [-0.4, -0.2) is 28.1 Å². The highest BCUT2D eigenvalue weighted by molar-refractivity contribution is 7.11. The molecule has 2 heterocycles. The van der Waals surface area contributed by atoms with Crippen molar-refractivity contribution >= 4 is 23.0 Å². The molecule has 0 bridgehead atoms. The number of likely N-dealkylation sites (tertiary alicyclic amines) is 1. The summed E-state index contributed by atoms with van der Waals surface area (Å²) < 4.78 is 0. The van der Waals surface area contributed by atoms with Gasteiger partial charge in [-0.2, -0.15) is 0 Å². The predicted octanol–water partition coefficient (Wildman–Crippen LogP) is 2.94. The Morgan fingerprint density at radius 1 is 1.38 bits per heavy atom. The maximum Gasteiger partial charge on any atom is 0.223 e. The van der Waals surface area contributed by atoms with Crippen LogP contribution in [0.2, 0.25) is 0 Å². The second-order valence-corrected chi connectivity index (χ2v) is 6.13. The quantitative estimate of drug-likeness (QED) is 0.816. The first-order valence-corrected chi connectivity index (χ1v) is 7.83. The number of ketones is 1. The summed E-state index contributed by atoms with van der Waals surface area (Å²) in [5.41, 5.74) is 1.09. The summed E-state index contributed by atoms with van der Waals surface area (Å²) in [6.07, 6.45) is 1.91. The Labute approximate surface area is 127 Å². The molecule has 1 aliphatic rings. The molecule has 1 aromatic carbocycles. The highest BCUT2D eigenvalue weighted by Gasteiger charge is 2.37. The van der Waals surface area contributed by atoms with Crippen LogP contribution in [0.3, 0.4) is 0 Å². The number of Topliss-reactive ketones (excluding diaryl/α,β-unsaturated/α-hetero) is 1. The van der Waals surface area contributed by atoms with Gasteiger partial charge < -0.3 is 4.90 Å². The number of carbonyl (C=O) groups is 2. The number of thiazole rings is 1. The molecule has 0 aliphatic carbocycles. The number of rotatable bonds is 4. The van der Waals surface area contributed by atoms with E-state index in [4.69, 9.17) is 0 Å². The molecular weight excluding hydrogens is 284 g/mol. The van der Waals surface area contributed by atoms with E-state index in [0.29, 0.717) is 11.6 Å². The summed E-state index contributed by atoms with van der Waals surface area (Å²) in [7, 11) is 0. The topological polar surface area (TPSA) is 50.3 Å². The van der Waals surface area contributed by atoms with Gasteiger partial charge in [-0.1, -0.05) is 30.3 Å². The van der Waals surface area contributed by atoms with Crippen molar-refractivity contribution in [3.8, 4) is 0 Å². The van der Waals surface area contributed by atoms with E-state index >= 15 is 0 Å². The molecule has 2 aromatic rings. The van der Waals surface area contributed by atoms with E-state index < -0.39 is 0 Å². The van der Waals surface area contributed by atoms with Crippen molar-refractivity contribution in [3.63, 3.8) is 0 Å². The van der Waals surface area contributed by atoms with Gasteiger partial charge in [-0.15, -0.1) is 11.3 Å². The predicted molar refractivity (Wildman–Crippen MR) is 81.1 cm³/mol. The van der Waals surface area contributed by atoms with Crippen molar-refractivity contribution in [1.82, 2.24) is 9.88 Å². The van der Waals surface area contributed by atoms with Crippen LogP contribution in [0.25, 0.3) is 0 Å². The number of carbonyl (C=O) groups excluding carboxylic acids is 2. The van der Waals surface area contributed by atoms with Crippen LogP contribution in [0.1, 0.15) is 34.8 Å². The standard InChI is InChI=1S/C16H16N2O2S/c1-11(12-5-3-2-4-6-12)18-10-13(9-14(18)19)15(20)16-17-7-8-21-16/h2-8,11,13H,9-10H2,1H3/t11-,13?/m1/s1. The lowest BCUT2D eigenvalue weighted by Crippen LogP contribution is -2.29. The van der Waals surface area contributed by atoms with Gasteiger partial charge >= 0.3 is 0 Å². The normalized spacial score (nSPS) is 19.8. The van der Waals surface area contributed by atoms with Crippen LogP contribution in [0.15, 0.2) is 41.9 Å². The maximum absolute atomic E-state index is 12.3. The summed E-state index contributed by atoms with van der Waals surface area (Å²) in [4.78, 5) is 30.4. The van der Waals surface area contributed by atoms with Crippen molar-refractivity contribution < 1.29 is 9.59 Å². The number of hydrogen-bond acceptors (Lipinski definition) is 4. The third-order valence-electron chi connectivity index (χ3n) is 3.92. The van der Waals surface area contributed by atoms with Crippen LogP contribution in [0, 0.1) is 5.92 Å². The summed E-state index contributed by atoms with van der Waals surface area (Å²) in [6, 6.07) is 9.89. The van der Waals surface area contributed by atoms with Gasteiger partial charge in [0.2, 0.25) is 5.91 Å². The minimum absolute atomic E-state index is 0.00667. The second kappa shape index (κ2) is 5.77. The molecule has 1 unspecified atom stereocenters. The third-order valence-corrected chi connectivity index (χ3v) is 4.71. The second-order valence-electron chi connectivity index (χ2n) is 5.24. The lowest BCUT2D eigenvalue weighted by molar-refractivity contribution is -0.129. The van der Waals surface area contributed by atoms with Crippen LogP contribution in [0.4, 0.5) is 0 Å². The minimum atomic E-state index is -0.269. The van der Waals surface area contributed by atoms with Crippen molar-refractivity contribution in [2.24, 2.45) is 5.92 Å². The van der Waals surface area contributed by atoms with E-state index in [9.17, 15) is 9.59 Å². The van der Waals surface area contributed by atoms with Crippen LogP contribution >= 0.6 is 11.3 Å². The van der Waals surface area contributed by atoms with Crippen LogP contribution in [0.5, 0.6) is 0 Å². The summed E-state index contributed by atoms with van der Waals surface area (Å²) in [6.45, 7) is 2.48. The van der Waals surface area contributed by atoms with E-state index in [1.54, 1.807) is 16.5 Å². The van der Waals surface area contributed by atoms with Gasteiger partial charge in [0.1, 0.15) is 0 Å². The zero-order valence-electron chi connectivity index (χ0n) is 11.7. The molecule has 5 heteroatoms. The molecule has 0 N–H and O–H groups in total. The maximum atomic E-state index is 12.3. The average molecular weight is 300 g/mol. The number of nitrogens with zero attached hydrogens (tertiary/aromatic N) is 2. The van der Waals surface area contributed by atoms with Gasteiger partial charge in [0, 0.05) is 24.5 Å². The van der Waals surface area contributed by atoms with Crippen molar-refractivity contribution in [3.05, 3.63) is 52.5 Å². The summed E-state index contributed by atoms with van der Waals surface area (Å²) in [5.74, 6) is -0.239. The highest BCUT2D eigenvalue weighted by atomic mass is 32.1. The van der Waals surface area contributed by atoms with Gasteiger partial charge in [0.15, 0.2) is 10.8 Å². The largest absolute Gasteiger partial charge is 0.335 e. The molecule has 4 nitrogen and oxygen atoms in total. The highest BCUT2D eigenvalue weighted by Crippen LogP contribution is 2.30. The van der Waals surface area contributed by atoms with Gasteiger partial charge in [0.25, 0.3) is 0 Å². The fraction of sp³-hybridized carbons (Fsp3) is 0.312. The Balaban J connectivity index is 1.75. The lowest BCUT2D eigenvalue weighted by Gasteiger charge is -2.25. The number of hydrogen-bond donors (Lipinski definition) is 0. The van der Waals surface area contributed by atoms with Crippen molar-refractivity contribution in [2.75, 3.05) is 6.54 Å². The monoisotopic (exact) mass is 300 g/mol. The van der Waals surface area contributed by atoms with E-state index in [2.05, 4.69) is 4.98 Å². The molecule has 1 amide bonds. The Hall–Kier alpha value is -2.01. The lowest BCUT2D eigenvalue weighted by atomic mass is 10.0.